The first-order valence-electron chi connectivity index (χ1n) is 4.39. The van der Waals surface area contributed by atoms with Crippen molar-refractivity contribution >= 4 is 11.5 Å². The van der Waals surface area contributed by atoms with Crippen LogP contribution in [-0.4, -0.2) is 26.0 Å². The molecule has 68 valence electrons. The van der Waals surface area contributed by atoms with Crippen molar-refractivity contribution in [2.24, 2.45) is 10.7 Å². The van der Waals surface area contributed by atoms with Crippen LogP contribution in [0.1, 0.15) is 5.56 Å². The lowest BCUT2D eigenvalue weighted by atomic mass is 10.1. The molecule has 0 saturated heterocycles. The zero-order valence-electron chi connectivity index (χ0n) is 7.70. The number of nitrogens with two attached hydrogens (primary N) is 1. The van der Waals surface area contributed by atoms with E-state index < -0.39 is 0 Å². The van der Waals surface area contributed by atoms with Gasteiger partial charge in [-0.3, -0.25) is 4.99 Å². The molecular formula is C10H13N3. The molecule has 3 nitrogen and oxygen atoms in total. The highest BCUT2D eigenvalue weighted by Gasteiger charge is 2.12. The molecule has 2 rings (SSSR count). The number of benzene rings is 1. The largest absolute Gasteiger partial charge is 0.383 e. The standard InChI is InChI=1S/C10H13N3/c1-13-7-6-12-10(11)8-4-2-3-5-9(8)13/h2-5H,6-7H2,1H3,(H2,11,12). The topological polar surface area (TPSA) is 41.6 Å². The number of para-hydroxylation sites is 1. The van der Waals surface area contributed by atoms with Gasteiger partial charge in [-0.2, -0.15) is 0 Å². The van der Waals surface area contributed by atoms with Gasteiger partial charge < -0.3 is 10.6 Å². The van der Waals surface area contributed by atoms with Crippen LogP contribution in [0.25, 0.3) is 0 Å². The summed E-state index contributed by atoms with van der Waals surface area (Å²) in [5.41, 5.74) is 8.04. The Hall–Kier alpha value is -1.51. The van der Waals surface area contributed by atoms with Crippen molar-refractivity contribution < 1.29 is 0 Å². The molecule has 0 radical (unpaired) electrons. The van der Waals surface area contributed by atoms with E-state index >= 15 is 0 Å². The van der Waals surface area contributed by atoms with Crippen molar-refractivity contribution in [1.82, 2.24) is 0 Å². The van der Waals surface area contributed by atoms with Crippen LogP contribution in [0.5, 0.6) is 0 Å². The Morgan fingerprint density at radius 3 is 3.00 bits per heavy atom. The quantitative estimate of drug-likeness (QED) is 0.635. The number of fused-ring (bicyclic) bond motifs is 1. The molecule has 1 heterocycles. The maximum Gasteiger partial charge on any atom is 0.127 e. The van der Waals surface area contributed by atoms with Crippen molar-refractivity contribution in [2.45, 2.75) is 0 Å². The number of hydrogen-bond donors (Lipinski definition) is 1. The van der Waals surface area contributed by atoms with E-state index in [4.69, 9.17) is 5.73 Å². The second kappa shape index (κ2) is 3.09. The smallest absolute Gasteiger partial charge is 0.127 e. The van der Waals surface area contributed by atoms with Crippen LogP contribution in [0.3, 0.4) is 0 Å². The molecule has 0 atom stereocenters. The third kappa shape index (κ3) is 1.37. The van der Waals surface area contributed by atoms with Gasteiger partial charge in [-0.15, -0.1) is 0 Å². The highest BCUT2D eigenvalue weighted by Crippen LogP contribution is 2.20. The van der Waals surface area contributed by atoms with Crippen LogP contribution in [0.2, 0.25) is 0 Å². The molecule has 1 aliphatic heterocycles. The van der Waals surface area contributed by atoms with Gasteiger partial charge in [0, 0.05) is 24.8 Å². The molecule has 1 aromatic rings. The Morgan fingerprint density at radius 1 is 1.38 bits per heavy atom. The highest BCUT2D eigenvalue weighted by atomic mass is 15.1. The molecule has 0 aliphatic carbocycles. The van der Waals surface area contributed by atoms with Crippen LogP contribution in [-0.2, 0) is 0 Å². The van der Waals surface area contributed by atoms with Gasteiger partial charge >= 0.3 is 0 Å². The number of benzodiazepines with no additional fused rings is 1. The second-order valence-corrected chi connectivity index (χ2v) is 3.21. The number of aliphatic imine (C=N–C) groups is 1. The zero-order valence-corrected chi connectivity index (χ0v) is 7.70. The number of anilines is 1. The average Bonchev–Trinajstić information content (AvgIpc) is 2.29. The Bertz CT molecular complexity index is 344. The van der Waals surface area contributed by atoms with Crippen LogP contribution < -0.4 is 10.6 Å². The minimum atomic E-state index is 0.653. The Labute approximate surface area is 77.9 Å². The molecule has 0 saturated carbocycles. The molecule has 3 heteroatoms. The molecule has 0 bridgehead atoms. The first kappa shape index (κ1) is 8.10. The molecular weight excluding hydrogens is 162 g/mol. The Balaban J connectivity index is 2.55. The summed E-state index contributed by atoms with van der Waals surface area (Å²) in [5.74, 6) is 0.653. The molecule has 1 aromatic carbocycles. The third-order valence-electron chi connectivity index (χ3n) is 2.31. The summed E-state index contributed by atoms with van der Waals surface area (Å²) in [6.45, 7) is 1.70. The van der Waals surface area contributed by atoms with Gasteiger partial charge in [0.2, 0.25) is 0 Å². The van der Waals surface area contributed by atoms with E-state index in [1.54, 1.807) is 0 Å². The van der Waals surface area contributed by atoms with Crippen molar-refractivity contribution in [3.63, 3.8) is 0 Å². The third-order valence-corrected chi connectivity index (χ3v) is 2.31. The van der Waals surface area contributed by atoms with Gasteiger partial charge in [0.15, 0.2) is 0 Å². The predicted molar refractivity (Wildman–Crippen MR) is 55.3 cm³/mol. The van der Waals surface area contributed by atoms with E-state index in [9.17, 15) is 0 Å². The molecule has 0 amide bonds. The van der Waals surface area contributed by atoms with E-state index in [1.165, 1.54) is 5.69 Å². The molecule has 0 unspecified atom stereocenters. The highest BCUT2D eigenvalue weighted by molar-refractivity contribution is 6.02. The number of rotatable bonds is 0. The first-order valence-corrected chi connectivity index (χ1v) is 4.39. The van der Waals surface area contributed by atoms with Gasteiger partial charge in [-0.1, -0.05) is 12.1 Å². The summed E-state index contributed by atoms with van der Waals surface area (Å²) in [4.78, 5) is 6.45. The molecule has 1 aliphatic rings. The fraction of sp³-hybridized carbons (Fsp3) is 0.300. The lowest BCUT2D eigenvalue weighted by molar-refractivity contribution is 0.896. The van der Waals surface area contributed by atoms with Gasteiger partial charge in [0.1, 0.15) is 5.84 Å². The maximum absolute atomic E-state index is 5.83. The molecule has 0 aromatic heterocycles. The Kier molecular flexibility index (Phi) is 1.93. The van der Waals surface area contributed by atoms with E-state index in [0.717, 1.165) is 18.7 Å². The summed E-state index contributed by atoms with van der Waals surface area (Å²) >= 11 is 0. The minimum absolute atomic E-state index is 0.653. The first-order chi connectivity index (χ1) is 6.29. The predicted octanol–water partition coefficient (Wildman–Crippen LogP) is 0.842. The summed E-state index contributed by atoms with van der Waals surface area (Å²) in [5, 5.41) is 0. The number of nitrogens with zero attached hydrogens (tertiary/aromatic N) is 2. The van der Waals surface area contributed by atoms with E-state index in [1.807, 2.05) is 18.2 Å². The summed E-state index contributed by atoms with van der Waals surface area (Å²) < 4.78 is 0. The lowest BCUT2D eigenvalue weighted by Gasteiger charge is -2.18. The fourth-order valence-corrected chi connectivity index (χ4v) is 1.55. The van der Waals surface area contributed by atoms with Gasteiger partial charge in [-0.05, 0) is 12.1 Å². The van der Waals surface area contributed by atoms with Crippen LogP contribution >= 0.6 is 0 Å². The fourth-order valence-electron chi connectivity index (χ4n) is 1.55. The minimum Gasteiger partial charge on any atom is -0.383 e. The number of amidine groups is 1. The summed E-state index contributed by atoms with van der Waals surface area (Å²) in [6, 6.07) is 8.09. The van der Waals surface area contributed by atoms with Crippen LogP contribution in [0, 0.1) is 0 Å². The number of likely N-dealkylation sites (N-methyl/N-ethyl adjacent to an activating group) is 1. The second-order valence-electron chi connectivity index (χ2n) is 3.21. The van der Waals surface area contributed by atoms with Gasteiger partial charge in [0.25, 0.3) is 0 Å². The van der Waals surface area contributed by atoms with Gasteiger partial charge in [-0.25, -0.2) is 0 Å². The van der Waals surface area contributed by atoms with Crippen molar-refractivity contribution in [1.29, 1.82) is 0 Å². The van der Waals surface area contributed by atoms with E-state index in [0.29, 0.717) is 5.84 Å². The van der Waals surface area contributed by atoms with Crippen LogP contribution in [0.15, 0.2) is 29.3 Å². The SMILES string of the molecule is CN1CCN=C(N)c2ccccc21. The molecule has 0 spiro atoms. The molecule has 13 heavy (non-hydrogen) atoms. The lowest BCUT2D eigenvalue weighted by Crippen LogP contribution is -2.20. The van der Waals surface area contributed by atoms with Crippen LogP contribution in [0.4, 0.5) is 5.69 Å². The number of hydrogen-bond acceptors (Lipinski definition) is 3. The summed E-state index contributed by atoms with van der Waals surface area (Å²) in [6.07, 6.45) is 0. The van der Waals surface area contributed by atoms with Crippen molar-refractivity contribution in [3.8, 4) is 0 Å². The normalized spacial score (nSPS) is 16.1. The van der Waals surface area contributed by atoms with E-state index in [2.05, 4.69) is 23.0 Å². The van der Waals surface area contributed by atoms with Gasteiger partial charge in [0.05, 0.1) is 6.54 Å². The maximum atomic E-state index is 5.83. The monoisotopic (exact) mass is 175 g/mol. The van der Waals surface area contributed by atoms with Crippen molar-refractivity contribution in [3.05, 3.63) is 29.8 Å². The molecule has 0 fully saturated rings. The zero-order chi connectivity index (χ0) is 9.26. The summed E-state index contributed by atoms with van der Waals surface area (Å²) in [7, 11) is 2.06. The Morgan fingerprint density at radius 2 is 2.15 bits per heavy atom. The van der Waals surface area contributed by atoms with Crippen molar-refractivity contribution in [2.75, 3.05) is 25.0 Å². The average molecular weight is 175 g/mol. The molecule has 2 N–H and O–H groups in total. The van der Waals surface area contributed by atoms with E-state index in [-0.39, 0.29) is 0 Å².